The molecule has 1 saturated heterocycles. The van der Waals surface area contributed by atoms with Gasteiger partial charge in [-0.1, -0.05) is 18.0 Å². The van der Waals surface area contributed by atoms with Crippen molar-refractivity contribution in [2.75, 3.05) is 24.3 Å². The maximum atomic E-state index is 13.1. The van der Waals surface area contributed by atoms with E-state index in [-0.39, 0.29) is 18.8 Å². The third-order valence-corrected chi connectivity index (χ3v) is 5.56. The lowest BCUT2D eigenvalue weighted by Gasteiger charge is -2.26. The maximum Gasteiger partial charge on any atom is 0.432 e. The largest absolute Gasteiger partial charge is 0.432 e. The minimum absolute atomic E-state index is 0.248. The number of hydrogen-bond donors (Lipinski definition) is 1. The second-order valence-corrected chi connectivity index (χ2v) is 7.80. The second kappa shape index (κ2) is 7.71. The van der Waals surface area contributed by atoms with Gasteiger partial charge >= 0.3 is 6.18 Å². The Morgan fingerprint density at radius 3 is 2.29 bits per heavy atom. The number of halogens is 4. The number of piperidine rings is 1. The number of alkyl halides is 3. The number of nitrogens with zero attached hydrogens (tertiary/aromatic N) is 2. The van der Waals surface area contributed by atoms with Gasteiger partial charge in [0, 0.05) is 18.1 Å². The summed E-state index contributed by atoms with van der Waals surface area (Å²) in [5, 5.41) is 3.69. The summed E-state index contributed by atoms with van der Waals surface area (Å²) in [5.41, 5.74) is 1.12. The van der Waals surface area contributed by atoms with Crippen molar-refractivity contribution in [1.82, 2.24) is 4.31 Å². The van der Waals surface area contributed by atoms with Crippen LogP contribution in [0, 0.1) is 0 Å². The van der Waals surface area contributed by atoms with E-state index in [9.17, 15) is 21.6 Å². The molecule has 1 aromatic rings. The predicted molar refractivity (Wildman–Crippen MR) is 87.8 cm³/mol. The van der Waals surface area contributed by atoms with Crippen LogP contribution in [0.15, 0.2) is 29.4 Å². The van der Waals surface area contributed by atoms with E-state index in [4.69, 9.17) is 11.6 Å². The Kier molecular flexibility index (Phi) is 6.11. The van der Waals surface area contributed by atoms with Crippen LogP contribution in [0.4, 0.5) is 18.9 Å². The van der Waals surface area contributed by atoms with Gasteiger partial charge in [0.05, 0.1) is 5.69 Å². The van der Waals surface area contributed by atoms with Gasteiger partial charge in [-0.15, -0.1) is 0 Å². The van der Waals surface area contributed by atoms with E-state index in [1.807, 2.05) is 0 Å². The van der Waals surface area contributed by atoms with Gasteiger partial charge < -0.3 is 0 Å². The van der Waals surface area contributed by atoms with Gasteiger partial charge in [0.25, 0.3) is 0 Å². The molecule has 0 spiro atoms. The highest BCUT2D eigenvalue weighted by atomic mass is 35.5. The first-order valence-electron chi connectivity index (χ1n) is 7.32. The molecule has 2 rings (SSSR count). The van der Waals surface area contributed by atoms with Crippen LogP contribution < -0.4 is 5.43 Å². The zero-order valence-electron chi connectivity index (χ0n) is 12.7. The van der Waals surface area contributed by atoms with Crippen LogP contribution in [0.2, 0.25) is 5.02 Å². The molecule has 0 radical (unpaired) electrons. The zero-order chi connectivity index (χ0) is 17.8. The Morgan fingerprint density at radius 1 is 1.17 bits per heavy atom. The fourth-order valence-corrected chi connectivity index (χ4v) is 3.94. The minimum Gasteiger partial charge on any atom is -0.278 e. The molecule has 1 heterocycles. The molecule has 0 aliphatic carbocycles. The van der Waals surface area contributed by atoms with Gasteiger partial charge in [-0.3, -0.25) is 5.43 Å². The van der Waals surface area contributed by atoms with Gasteiger partial charge in [-0.25, -0.2) is 12.7 Å². The van der Waals surface area contributed by atoms with Gasteiger partial charge in [0.15, 0.2) is 5.71 Å². The fourth-order valence-electron chi connectivity index (χ4n) is 2.24. The summed E-state index contributed by atoms with van der Waals surface area (Å²) in [4.78, 5) is 0. The molecule has 1 N–H and O–H groups in total. The van der Waals surface area contributed by atoms with Crippen molar-refractivity contribution >= 4 is 33.0 Å². The van der Waals surface area contributed by atoms with E-state index < -0.39 is 27.7 Å². The standard InChI is InChI=1S/C14H17ClF3N3O2S/c15-11-4-6-12(7-5-11)19-20-13(14(16,17)18)10-24(22,23)21-8-2-1-3-9-21/h4-7,19H,1-3,8-10H2/b20-13-. The van der Waals surface area contributed by atoms with Crippen molar-refractivity contribution < 1.29 is 21.6 Å². The molecule has 1 aliphatic rings. The SMILES string of the molecule is O=S(=O)(C/C(=N/Nc1ccc(Cl)cc1)C(F)(F)F)N1CCCCC1. The molecule has 5 nitrogen and oxygen atoms in total. The smallest absolute Gasteiger partial charge is 0.278 e. The van der Waals surface area contributed by atoms with E-state index in [1.165, 1.54) is 24.3 Å². The summed E-state index contributed by atoms with van der Waals surface area (Å²) in [7, 11) is -4.06. The monoisotopic (exact) mass is 383 g/mol. The summed E-state index contributed by atoms with van der Waals surface area (Å²) in [6.07, 6.45) is -2.66. The highest BCUT2D eigenvalue weighted by molar-refractivity contribution is 7.89. The first kappa shape index (κ1) is 19.0. The fraction of sp³-hybridized carbons (Fsp3) is 0.500. The summed E-state index contributed by atoms with van der Waals surface area (Å²) < 4.78 is 64.8. The number of benzene rings is 1. The van der Waals surface area contributed by atoms with Crippen LogP contribution >= 0.6 is 11.6 Å². The van der Waals surface area contributed by atoms with Crippen LogP contribution in [0.5, 0.6) is 0 Å². The van der Waals surface area contributed by atoms with Crippen molar-refractivity contribution in [3.05, 3.63) is 29.3 Å². The molecule has 10 heteroatoms. The Morgan fingerprint density at radius 2 is 1.75 bits per heavy atom. The van der Waals surface area contributed by atoms with Gasteiger partial charge in [-0.05, 0) is 37.1 Å². The summed E-state index contributed by atoms with van der Waals surface area (Å²) in [6, 6.07) is 5.85. The quantitative estimate of drug-likeness (QED) is 0.625. The molecule has 0 aromatic heterocycles. The Labute approximate surface area is 143 Å². The molecule has 0 unspecified atom stereocenters. The van der Waals surface area contributed by atoms with Crippen molar-refractivity contribution in [3.8, 4) is 0 Å². The summed E-state index contributed by atoms with van der Waals surface area (Å²) >= 11 is 5.69. The number of hydrogen-bond acceptors (Lipinski definition) is 4. The molecule has 1 fully saturated rings. The highest BCUT2D eigenvalue weighted by Gasteiger charge is 2.40. The van der Waals surface area contributed by atoms with E-state index in [2.05, 4.69) is 10.5 Å². The zero-order valence-corrected chi connectivity index (χ0v) is 14.3. The molecule has 134 valence electrons. The highest BCUT2D eigenvalue weighted by Crippen LogP contribution is 2.22. The number of hydrazone groups is 1. The number of sulfonamides is 1. The lowest BCUT2D eigenvalue weighted by Crippen LogP contribution is -2.42. The molecular formula is C14H17ClF3N3O2S. The van der Waals surface area contributed by atoms with E-state index in [0.717, 1.165) is 10.7 Å². The lowest BCUT2D eigenvalue weighted by molar-refractivity contribution is -0.0591. The number of anilines is 1. The van der Waals surface area contributed by atoms with E-state index in [0.29, 0.717) is 17.9 Å². The maximum absolute atomic E-state index is 13.1. The first-order chi connectivity index (χ1) is 11.2. The van der Waals surface area contributed by atoms with Crippen molar-refractivity contribution in [2.24, 2.45) is 5.10 Å². The molecule has 1 aromatic carbocycles. The van der Waals surface area contributed by atoms with Crippen molar-refractivity contribution in [2.45, 2.75) is 25.4 Å². The topological polar surface area (TPSA) is 61.8 Å². The second-order valence-electron chi connectivity index (χ2n) is 5.39. The van der Waals surface area contributed by atoms with Gasteiger partial charge in [0.1, 0.15) is 5.75 Å². The molecule has 0 amide bonds. The van der Waals surface area contributed by atoms with Crippen molar-refractivity contribution in [3.63, 3.8) is 0 Å². The Balaban J connectivity index is 2.16. The molecule has 0 atom stereocenters. The van der Waals surface area contributed by atoms with Crippen LogP contribution in [0.25, 0.3) is 0 Å². The molecule has 0 bridgehead atoms. The minimum atomic E-state index is -4.84. The van der Waals surface area contributed by atoms with Crippen LogP contribution in [0.1, 0.15) is 19.3 Å². The third-order valence-electron chi connectivity index (χ3n) is 3.52. The predicted octanol–water partition coefficient (Wildman–Crippen LogP) is 3.49. The first-order valence-corrected chi connectivity index (χ1v) is 9.30. The average Bonchev–Trinajstić information content (AvgIpc) is 2.53. The molecule has 1 aliphatic heterocycles. The normalized spacial score (nSPS) is 17.8. The number of rotatable bonds is 5. The Hall–Kier alpha value is -1.32. The van der Waals surface area contributed by atoms with Gasteiger partial charge in [-0.2, -0.15) is 18.3 Å². The van der Waals surface area contributed by atoms with E-state index >= 15 is 0 Å². The average molecular weight is 384 g/mol. The molecule has 24 heavy (non-hydrogen) atoms. The lowest BCUT2D eigenvalue weighted by atomic mass is 10.2. The van der Waals surface area contributed by atoms with E-state index in [1.54, 1.807) is 0 Å². The molecular weight excluding hydrogens is 367 g/mol. The summed E-state index contributed by atoms with van der Waals surface area (Å²) in [5.74, 6) is -1.18. The van der Waals surface area contributed by atoms with Crippen molar-refractivity contribution in [1.29, 1.82) is 0 Å². The number of nitrogens with one attached hydrogen (secondary N) is 1. The Bertz CT molecular complexity index is 684. The summed E-state index contributed by atoms with van der Waals surface area (Å²) in [6.45, 7) is 0.496. The van der Waals surface area contributed by atoms with Crippen LogP contribution in [-0.2, 0) is 10.0 Å². The van der Waals surface area contributed by atoms with Crippen LogP contribution in [0.3, 0.4) is 0 Å². The third kappa shape index (κ3) is 5.35. The molecule has 0 saturated carbocycles. The van der Waals surface area contributed by atoms with Crippen LogP contribution in [-0.4, -0.2) is 43.5 Å². The van der Waals surface area contributed by atoms with Gasteiger partial charge in [0.2, 0.25) is 10.0 Å².